The second-order valence-electron chi connectivity index (χ2n) is 4.46. The largest absolute Gasteiger partial charge is 0.484 e. The molecule has 126 valence electrons. The zero-order valence-electron chi connectivity index (χ0n) is 12.4. The van der Waals surface area contributed by atoms with Crippen molar-refractivity contribution in [2.24, 2.45) is 0 Å². The molecule has 1 aromatic rings. The molecule has 0 aliphatic rings. The van der Waals surface area contributed by atoms with E-state index in [1.54, 1.807) is 19.9 Å². The molecule has 1 aromatic carbocycles. The van der Waals surface area contributed by atoms with Crippen LogP contribution in [0.15, 0.2) is 24.3 Å². The number of nitrogens with one attached hydrogen (secondary N) is 1. The molecule has 0 unspecified atom stereocenters. The van der Waals surface area contributed by atoms with Gasteiger partial charge in [0, 0.05) is 19.6 Å². The Morgan fingerprint density at radius 2 is 1.86 bits per heavy atom. The monoisotopic (exact) mass is 340 g/mol. The first kappa shape index (κ1) is 18.7. The van der Waals surface area contributed by atoms with Crippen molar-refractivity contribution in [2.75, 3.05) is 19.7 Å². The van der Waals surface area contributed by atoms with Gasteiger partial charge in [-0.05, 0) is 17.7 Å². The lowest BCUT2D eigenvalue weighted by molar-refractivity contribution is -0.153. The smallest absolute Gasteiger partial charge is 0.422 e. The summed E-state index contributed by atoms with van der Waals surface area (Å²) in [7, 11) is -3.61. The second-order valence-corrected chi connectivity index (χ2v) is 6.22. The predicted octanol–water partition coefficient (Wildman–Crippen LogP) is 2.30. The van der Waals surface area contributed by atoms with E-state index in [9.17, 15) is 21.6 Å². The van der Waals surface area contributed by atoms with Crippen LogP contribution in [0.2, 0.25) is 0 Å². The Labute approximate surface area is 128 Å². The Morgan fingerprint density at radius 3 is 2.41 bits per heavy atom. The highest BCUT2D eigenvalue weighted by atomic mass is 32.2. The summed E-state index contributed by atoms with van der Waals surface area (Å²) in [4.78, 5) is 0. The van der Waals surface area contributed by atoms with Gasteiger partial charge in [0.15, 0.2) is 6.61 Å². The van der Waals surface area contributed by atoms with Crippen molar-refractivity contribution in [3.63, 3.8) is 0 Å². The zero-order valence-corrected chi connectivity index (χ0v) is 13.2. The molecule has 1 N–H and O–H groups in total. The van der Waals surface area contributed by atoms with Gasteiger partial charge in [0.25, 0.3) is 10.2 Å². The SMILES string of the molecule is CCN(CC)S(=O)(=O)NCc1cccc(OCC(F)(F)F)c1. The molecule has 0 amide bonds. The Balaban J connectivity index is 2.67. The highest BCUT2D eigenvalue weighted by Crippen LogP contribution is 2.19. The lowest BCUT2D eigenvalue weighted by atomic mass is 10.2. The zero-order chi connectivity index (χ0) is 16.8. The molecule has 5 nitrogen and oxygen atoms in total. The van der Waals surface area contributed by atoms with E-state index in [0.29, 0.717) is 18.7 Å². The number of hydrogen-bond acceptors (Lipinski definition) is 3. The van der Waals surface area contributed by atoms with Crippen LogP contribution >= 0.6 is 0 Å². The van der Waals surface area contributed by atoms with E-state index in [4.69, 9.17) is 0 Å². The molecule has 9 heteroatoms. The van der Waals surface area contributed by atoms with Gasteiger partial charge in [0.1, 0.15) is 5.75 Å². The van der Waals surface area contributed by atoms with E-state index in [-0.39, 0.29) is 12.3 Å². The summed E-state index contributed by atoms with van der Waals surface area (Å²) in [5.41, 5.74) is 0.510. The summed E-state index contributed by atoms with van der Waals surface area (Å²) < 4.78 is 68.4. The minimum atomic E-state index is -4.42. The van der Waals surface area contributed by atoms with Crippen LogP contribution in [0.4, 0.5) is 13.2 Å². The Kier molecular flexibility index (Phi) is 6.64. The average molecular weight is 340 g/mol. The van der Waals surface area contributed by atoms with Gasteiger partial charge in [-0.3, -0.25) is 0 Å². The molecule has 0 atom stereocenters. The van der Waals surface area contributed by atoms with Crippen molar-refractivity contribution in [3.8, 4) is 5.75 Å². The molecule has 0 saturated heterocycles. The van der Waals surface area contributed by atoms with Crippen LogP contribution in [0.1, 0.15) is 19.4 Å². The van der Waals surface area contributed by atoms with Crippen LogP contribution in [0, 0.1) is 0 Å². The molecule has 0 fully saturated rings. The maximum absolute atomic E-state index is 12.1. The summed E-state index contributed by atoms with van der Waals surface area (Å²) >= 11 is 0. The third kappa shape index (κ3) is 6.20. The average Bonchev–Trinajstić information content (AvgIpc) is 2.44. The number of ether oxygens (including phenoxy) is 1. The third-order valence-corrected chi connectivity index (χ3v) is 4.51. The first-order valence-electron chi connectivity index (χ1n) is 6.71. The highest BCUT2D eigenvalue weighted by Gasteiger charge is 2.28. The van der Waals surface area contributed by atoms with Crippen molar-refractivity contribution >= 4 is 10.2 Å². The molecule has 0 aliphatic heterocycles. The van der Waals surface area contributed by atoms with E-state index in [1.165, 1.54) is 22.5 Å². The Bertz CT molecular complexity index is 572. The molecule has 0 aromatic heterocycles. The molecular weight excluding hydrogens is 321 g/mol. The van der Waals surface area contributed by atoms with E-state index < -0.39 is 23.0 Å². The number of halogens is 3. The number of hydrogen-bond donors (Lipinski definition) is 1. The van der Waals surface area contributed by atoms with E-state index in [0.717, 1.165) is 0 Å². The fourth-order valence-electron chi connectivity index (χ4n) is 1.74. The van der Waals surface area contributed by atoms with E-state index >= 15 is 0 Å². The summed E-state index contributed by atoms with van der Waals surface area (Å²) in [6, 6.07) is 5.86. The maximum atomic E-state index is 12.1. The van der Waals surface area contributed by atoms with Crippen LogP contribution in [0.25, 0.3) is 0 Å². The summed E-state index contributed by atoms with van der Waals surface area (Å²) in [5.74, 6) is 0.0388. The normalized spacial score (nSPS) is 12.6. The standard InChI is InChI=1S/C13H19F3N2O3S/c1-3-18(4-2)22(19,20)17-9-11-6-5-7-12(8-11)21-10-13(14,15)16/h5-8,17H,3-4,9-10H2,1-2H3. The van der Waals surface area contributed by atoms with Crippen molar-refractivity contribution < 1.29 is 26.3 Å². The molecule has 0 aliphatic carbocycles. The van der Waals surface area contributed by atoms with Crippen molar-refractivity contribution in [1.29, 1.82) is 0 Å². The Hall–Kier alpha value is -1.32. The molecule has 22 heavy (non-hydrogen) atoms. The van der Waals surface area contributed by atoms with Crippen LogP contribution in [-0.4, -0.2) is 38.6 Å². The van der Waals surface area contributed by atoms with E-state index in [1.807, 2.05) is 0 Å². The second kappa shape index (κ2) is 7.80. The number of nitrogens with zero attached hydrogens (tertiary/aromatic N) is 1. The lowest BCUT2D eigenvalue weighted by Gasteiger charge is -2.19. The molecule has 0 radical (unpaired) electrons. The van der Waals surface area contributed by atoms with Crippen LogP contribution in [-0.2, 0) is 16.8 Å². The molecule has 0 spiro atoms. The summed E-state index contributed by atoms with van der Waals surface area (Å²) in [6.07, 6.45) is -4.42. The van der Waals surface area contributed by atoms with Gasteiger partial charge >= 0.3 is 6.18 Å². The molecule has 0 heterocycles. The summed E-state index contributed by atoms with van der Waals surface area (Å²) in [6.45, 7) is 2.69. The van der Waals surface area contributed by atoms with Crippen LogP contribution in [0.3, 0.4) is 0 Å². The summed E-state index contributed by atoms with van der Waals surface area (Å²) in [5, 5.41) is 0. The van der Waals surface area contributed by atoms with Gasteiger partial charge in [0.05, 0.1) is 0 Å². The fraction of sp³-hybridized carbons (Fsp3) is 0.538. The third-order valence-electron chi connectivity index (χ3n) is 2.80. The first-order valence-corrected chi connectivity index (χ1v) is 8.15. The number of alkyl halides is 3. The van der Waals surface area contributed by atoms with Crippen LogP contribution < -0.4 is 9.46 Å². The topological polar surface area (TPSA) is 58.6 Å². The maximum Gasteiger partial charge on any atom is 0.422 e. The molecule has 1 rings (SSSR count). The molecule has 0 saturated carbocycles. The Morgan fingerprint density at radius 1 is 1.23 bits per heavy atom. The number of rotatable bonds is 8. The number of benzene rings is 1. The highest BCUT2D eigenvalue weighted by molar-refractivity contribution is 7.87. The van der Waals surface area contributed by atoms with Gasteiger partial charge in [-0.1, -0.05) is 26.0 Å². The van der Waals surface area contributed by atoms with Crippen molar-refractivity contribution in [3.05, 3.63) is 29.8 Å². The predicted molar refractivity (Wildman–Crippen MR) is 76.7 cm³/mol. The minimum absolute atomic E-state index is 0.0257. The van der Waals surface area contributed by atoms with Gasteiger partial charge in [-0.15, -0.1) is 0 Å². The minimum Gasteiger partial charge on any atom is -0.484 e. The van der Waals surface area contributed by atoms with Gasteiger partial charge < -0.3 is 4.74 Å². The fourth-order valence-corrected chi connectivity index (χ4v) is 2.95. The van der Waals surface area contributed by atoms with Crippen molar-refractivity contribution in [2.45, 2.75) is 26.6 Å². The van der Waals surface area contributed by atoms with Gasteiger partial charge in [-0.2, -0.15) is 30.6 Å². The van der Waals surface area contributed by atoms with Crippen LogP contribution in [0.5, 0.6) is 5.75 Å². The van der Waals surface area contributed by atoms with Crippen molar-refractivity contribution in [1.82, 2.24) is 9.03 Å². The van der Waals surface area contributed by atoms with E-state index in [2.05, 4.69) is 9.46 Å². The van der Waals surface area contributed by atoms with Gasteiger partial charge in [-0.25, -0.2) is 0 Å². The molecular formula is C13H19F3N2O3S. The lowest BCUT2D eigenvalue weighted by Crippen LogP contribution is -2.40. The quantitative estimate of drug-likeness (QED) is 0.790. The first-order chi connectivity index (χ1) is 10.2. The molecule has 0 bridgehead atoms. The van der Waals surface area contributed by atoms with Gasteiger partial charge in [0.2, 0.25) is 0 Å².